The lowest BCUT2D eigenvalue weighted by molar-refractivity contribution is -0.153. The van der Waals surface area contributed by atoms with E-state index in [4.69, 9.17) is 5.73 Å². The molecule has 13 heteroatoms. The highest BCUT2D eigenvalue weighted by molar-refractivity contribution is 6.24. The molecule has 2 amide bonds. The summed E-state index contributed by atoms with van der Waals surface area (Å²) in [6.07, 6.45) is -0.0379. The molecule has 2 aromatic carbocycles. The smallest absolute Gasteiger partial charge is 0.255 e. The Balaban J connectivity index is 1.64. The number of nitrogens with one attached hydrogen (secondary N) is 1. The maximum atomic E-state index is 14.8. The zero-order valence-electron chi connectivity index (χ0n) is 25.2. The molecule has 0 spiro atoms. The molecule has 0 saturated heterocycles. The number of rotatable bonds is 7. The van der Waals surface area contributed by atoms with Crippen LogP contribution < -0.4 is 11.1 Å². The SMILES string of the molecule is CN(C)CCNC(=O)c1cc(-c2ccc(O)c3c2C[C@H]2C[C@H]4[C@H](N(C)C)C(=O)C(C(N)=O)=C(O)[C@@]4(O)C(=O)C2=C3O)ccc1F. The zero-order chi connectivity index (χ0) is 33.1. The number of nitrogens with zero attached hydrogens (tertiary/aromatic N) is 2. The molecule has 1 fully saturated rings. The number of halogens is 1. The third-order valence-electron chi connectivity index (χ3n) is 8.97. The fourth-order valence-corrected chi connectivity index (χ4v) is 6.87. The van der Waals surface area contributed by atoms with E-state index in [9.17, 15) is 44.0 Å². The quantitative estimate of drug-likeness (QED) is 0.243. The molecular formula is C32H35FN4O8. The second-order valence-corrected chi connectivity index (χ2v) is 12.2. The van der Waals surface area contributed by atoms with E-state index >= 15 is 0 Å². The molecule has 0 unspecified atom stereocenters. The van der Waals surface area contributed by atoms with Gasteiger partial charge < -0.3 is 36.4 Å². The number of hydrogen-bond donors (Lipinski definition) is 6. The van der Waals surface area contributed by atoms with Gasteiger partial charge in [-0.15, -0.1) is 0 Å². The van der Waals surface area contributed by atoms with E-state index in [1.54, 1.807) is 6.07 Å². The Kier molecular flexibility index (Phi) is 8.06. The molecule has 2 aromatic rings. The average molecular weight is 623 g/mol. The number of hydrogen-bond acceptors (Lipinski definition) is 10. The van der Waals surface area contributed by atoms with Crippen LogP contribution in [0.5, 0.6) is 5.75 Å². The van der Waals surface area contributed by atoms with E-state index in [0.717, 1.165) is 6.07 Å². The molecule has 0 heterocycles. The number of benzene rings is 2. The van der Waals surface area contributed by atoms with Crippen LogP contribution in [0.3, 0.4) is 0 Å². The molecule has 45 heavy (non-hydrogen) atoms. The van der Waals surface area contributed by atoms with Crippen molar-refractivity contribution in [3.05, 3.63) is 69.7 Å². The van der Waals surface area contributed by atoms with Gasteiger partial charge in [-0.3, -0.25) is 24.1 Å². The lowest BCUT2D eigenvalue weighted by atomic mass is 9.57. The highest BCUT2D eigenvalue weighted by atomic mass is 19.1. The number of phenolic OH excluding ortho intramolecular Hbond substituents is 1. The Bertz CT molecular complexity index is 1710. The van der Waals surface area contributed by atoms with Crippen LogP contribution in [-0.2, 0) is 20.8 Å². The van der Waals surface area contributed by atoms with Crippen LogP contribution in [0.25, 0.3) is 16.9 Å². The van der Waals surface area contributed by atoms with Crippen molar-refractivity contribution < 1.29 is 44.0 Å². The molecule has 0 radical (unpaired) electrons. The summed E-state index contributed by atoms with van der Waals surface area (Å²) >= 11 is 0. The van der Waals surface area contributed by atoms with Crippen LogP contribution in [0, 0.1) is 17.7 Å². The van der Waals surface area contributed by atoms with Crippen LogP contribution in [-0.4, -0.2) is 107 Å². The summed E-state index contributed by atoms with van der Waals surface area (Å²) in [6, 6.07) is 5.58. The lowest BCUT2D eigenvalue weighted by Crippen LogP contribution is -2.65. The second kappa shape index (κ2) is 11.4. The fourth-order valence-electron chi connectivity index (χ4n) is 6.87. The number of amides is 2. The topological polar surface area (TPSA) is 194 Å². The molecule has 7 N–H and O–H groups in total. The molecule has 3 aliphatic carbocycles. The van der Waals surface area contributed by atoms with Crippen molar-refractivity contribution in [1.29, 1.82) is 0 Å². The molecule has 4 atom stereocenters. The van der Waals surface area contributed by atoms with Crippen LogP contribution in [0.1, 0.15) is 27.9 Å². The van der Waals surface area contributed by atoms with Crippen molar-refractivity contribution in [3.63, 3.8) is 0 Å². The minimum Gasteiger partial charge on any atom is -0.508 e. The van der Waals surface area contributed by atoms with E-state index in [0.29, 0.717) is 23.2 Å². The predicted octanol–water partition coefficient (Wildman–Crippen LogP) is 1.06. The third kappa shape index (κ3) is 4.96. The summed E-state index contributed by atoms with van der Waals surface area (Å²) in [5.74, 6) is -8.85. The molecule has 12 nitrogen and oxygen atoms in total. The lowest BCUT2D eigenvalue weighted by Gasteiger charge is -2.50. The third-order valence-corrected chi connectivity index (χ3v) is 8.97. The Hall–Kier alpha value is -4.59. The van der Waals surface area contributed by atoms with Crippen molar-refractivity contribution in [2.45, 2.75) is 24.5 Å². The van der Waals surface area contributed by atoms with Crippen molar-refractivity contribution >= 4 is 29.1 Å². The van der Waals surface area contributed by atoms with E-state index in [1.807, 2.05) is 19.0 Å². The van der Waals surface area contributed by atoms with Gasteiger partial charge in [-0.2, -0.15) is 0 Å². The van der Waals surface area contributed by atoms with E-state index in [1.165, 1.54) is 37.2 Å². The van der Waals surface area contributed by atoms with E-state index in [2.05, 4.69) is 5.32 Å². The van der Waals surface area contributed by atoms with Crippen molar-refractivity contribution in [2.24, 2.45) is 17.6 Å². The van der Waals surface area contributed by atoms with Gasteiger partial charge in [-0.05, 0) is 81.8 Å². The number of likely N-dealkylation sites (N-methyl/N-ethyl adjacent to an activating group) is 2. The first kappa shape index (κ1) is 31.8. The van der Waals surface area contributed by atoms with Gasteiger partial charge in [0.05, 0.1) is 17.2 Å². The van der Waals surface area contributed by atoms with Gasteiger partial charge in [0.15, 0.2) is 11.4 Å². The van der Waals surface area contributed by atoms with Gasteiger partial charge in [0.1, 0.15) is 28.7 Å². The summed E-state index contributed by atoms with van der Waals surface area (Å²) in [5, 5.41) is 47.8. The fraction of sp³-hybridized carbons (Fsp3) is 0.375. The summed E-state index contributed by atoms with van der Waals surface area (Å²) in [6.45, 7) is 0.831. The number of nitrogens with two attached hydrogens (primary N) is 1. The second-order valence-electron chi connectivity index (χ2n) is 12.2. The zero-order valence-corrected chi connectivity index (χ0v) is 25.2. The van der Waals surface area contributed by atoms with Gasteiger partial charge in [0.25, 0.3) is 11.8 Å². The number of aromatic hydroxyl groups is 1. The van der Waals surface area contributed by atoms with Gasteiger partial charge in [-0.1, -0.05) is 12.1 Å². The summed E-state index contributed by atoms with van der Waals surface area (Å²) < 4.78 is 14.8. The average Bonchev–Trinajstić information content (AvgIpc) is 2.95. The Morgan fingerprint density at radius 1 is 1.09 bits per heavy atom. The van der Waals surface area contributed by atoms with Crippen LogP contribution in [0.4, 0.5) is 4.39 Å². The highest BCUT2D eigenvalue weighted by Crippen LogP contribution is 2.53. The Morgan fingerprint density at radius 3 is 2.40 bits per heavy atom. The molecule has 238 valence electrons. The molecule has 0 aliphatic heterocycles. The molecule has 5 rings (SSSR count). The first-order valence-corrected chi connectivity index (χ1v) is 14.3. The van der Waals surface area contributed by atoms with Crippen LogP contribution in [0.15, 0.2) is 47.2 Å². The number of fused-ring (bicyclic) bond motifs is 3. The number of aliphatic hydroxyl groups is 3. The van der Waals surface area contributed by atoms with Crippen molar-refractivity contribution in [3.8, 4) is 16.9 Å². The number of carbonyl (C=O) groups is 4. The molecule has 3 aliphatic rings. The van der Waals surface area contributed by atoms with Crippen molar-refractivity contribution in [2.75, 3.05) is 41.3 Å². The minimum atomic E-state index is -2.75. The van der Waals surface area contributed by atoms with Crippen LogP contribution >= 0.6 is 0 Å². The first-order chi connectivity index (χ1) is 21.1. The monoisotopic (exact) mass is 622 g/mol. The minimum absolute atomic E-state index is 0.0417. The molecule has 0 bridgehead atoms. The molecular weight excluding hydrogens is 587 g/mol. The molecule has 1 saturated carbocycles. The van der Waals surface area contributed by atoms with Crippen LogP contribution in [0.2, 0.25) is 0 Å². The van der Waals surface area contributed by atoms with E-state index in [-0.39, 0.29) is 41.8 Å². The largest absolute Gasteiger partial charge is 0.508 e. The standard InChI is InChI=1S/C32H35FN4O8/c1-36(2)10-9-35-31(44)18-11-14(5-7-20(18)33)16-6-8-21(38)23-17(16)12-15-13-19-25(37(3)4)27(40)24(30(34)43)29(42)32(19,45)28(41)22(15)26(23)39/h5-8,11,15,19,25,38-39,42,45H,9-10,12-13H2,1-4H3,(H2,34,43)(H,35,44)/t15-,19-,25-,32-/m0/s1. The highest BCUT2D eigenvalue weighted by Gasteiger charge is 2.64. The number of primary amides is 1. The predicted molar refractivity (Wildman–Crippen MR) is 161 cm³/mol. The van der Waals surface area contributed by atoms with Crippen molar-refractivity contribution in [1.82, 2.24) is 15.1 Å². The summed E-state index contributed by atoms with van der Waals surface area (Å²) in [4.78, 5) is 55.6. The first-order valence-electron chi connectivity index (χ1n) is 14.3. The number of carbonyl (C=O) groups excluding carboxylic acids is 4. The van der Waals surface area contributed by atoms with Gasteiger partial charge in [0, 0.05) is 24.6 Å². The number of Topliss-reactive ketones (excluding diaryl/α,β-unsaturated/α-hetero) is 2. The summed E-state index contributed by atoms with van der Waals surface area (Å²) in [7, 11) is 6.71. The number of ketones is 2. The summed E-state index contributed by atoms with van der Waals surface area (Å²) in [5.41, 5.74) is 2.39. The number of aliphatic hydroxyl groups excluding tert-OH is 2. The maximum Gasteiger partial charge on any atom is 0.255 e. The van der Waals surface area contributed by atoms with Gasteiger partial charge >= 0.3 is 0 Å². The van der Waals surface area contributed by atoms with E-state index < -0.39 is 69.8 Å². The normalized spacial score (nSPS) is 24.5. The maximum absolute atomic E-state index is 14.8. The van der Waals surface area contributed by atoms with Gasteiger partial charge in [0.2, 0.25) is 5.78 Å². The van der Waals surface area contributed by atoms with Gasteiger partial charge in [-0.25, -0.2) is 4.39 Å². The Morgan fingerprint density at radius 2 is 1.78 bits per heavy atom. The molecule has 0 aromatic heterocycles. The number of phenols is 1. The Labute approximate surface area is 258 Å².